The van der Waals surface area contributed by atoms with Crippen molar-refractivity contribution in [3.8, 4) is 17.7 Å². The van der Waals surface area contributed by atoms with Crippen LogP contribution in [0.4, 0.5) is 0 Å². The van der Waals surface area contributed by atoms with E-state index in [9.17, 15) is 5.26 Å². The summed E-state index contributed by atoms with van der Waals surface area (Å²) in [6, 6.07) is 13.8. The molecule has 0 saturated carbocycles. The van der Waals surface area contributed by atoms with Crippen molar-refractivity contribution in [3.05, 3.63) is 65.6 Å². The summed E-state index contributed by atoms with van der Waals surface area (Å²) in [4.78, 5) is 6.23. The van der Waals surface area contributed by atoms with Crippen molar-refractivity contribution >= 4 is 11.8 Å². The minimum absolute atomic E-state index is 0.260. The van der Waals surface area contributed by atoms with Crippen LogP contribution < -0.4 is 4.74 Å². The highest BCUT2D eigenvalue weighted by Crippen LogP contribution is 2.31. The van der Waals surface area contributed by atoms with Crippen molar-refractivity contribution in [2.75, 3.05) is 0 Å². The molecule has 2 aromatic heterocycles. The Morgan fingerprint density at radius 1 is 0.962 bits per heavy atom. The monoisotopic (exact) mass is 362 g/mol. The zero-order chi connectivity index (χ0) is 18.4. The van der Waals surface area contributed by atoms with E-state index in [1.54, 1.807) is 24.2 Å². The largest absolute Gasteiger partial charge is 0.437 e. The van der Waals surface area contributed by atoms with Crippen LogP contribution in [0.1, 0.15) is 30.7 Å². The van der Waals surface area contributed by atoms with E-state index in [2.05, 4.69) is 21.3 Å². The van der Waals surface area contributed by atoms with Gasteiger partial charge in [0.25, 0.3) is 5.88 Å². The molecule has 0 radical (unpaired) electrons. The number of pyridine rings is 1. The summed E-state index contributed by atoms with van der Waals surface area (Å²) in [7, 11) is 0. The topological polar surface area (TPSA) is 71.7 Å². The van der Waals surface area contributed by atoms with E-state index in [1.165, 1.54) is 0 Å². The van der Waals surface area contributed by atoms with Crippen molar-refractivity contribution in [2.24, 2.45) is 0 Å². The van der Waals surface area contributed by atoms with Crippen LogP contribution in [-0.2, 0) is 12.8 Å². The van der Waals surface area contributed by atoms with Gasteiger partial charge in [0.2, 0.25) is 0 Å². The van der Waals surface area contributed by atoms with Crippen LogP contribution in [-0.4, -0.2) is 15.2 Å². The van der Waals surface area contributed by atoms with Crippen molar-refractivity contribution in [3.63, 3.8) is 0 Å². The molecule has 1 aromatic carbocycles. The van der Waals surface area contributed by atoms with Gasteiger partial charge in [-0.3, -0.25) is 4.98 Å². The molecule has 0 unspecified atom stereocenters. The number of rotatable bonds is 6. The molecule has 0 fully saturated rings. The van der Waals surface area contributed by atoms with Gasteiger partial charge in [-0.15, -0.1) is 5.10 Å². The highest BCUT2D eigenvalue weighted by Gasteiger charge is 2.16. The molecule has 0 aliphatic rings. The molecule has 0 saturated heterocycles. The van der Waals surface area contributed by atoms with E-state index >= 15 is 0 Å². The Morgan fingerprint density at radius 3 is 2.27 bits per heavy atom. The smallest absolute Gasteiger partial charge is 0.257 e. The maximum atomic E-state index is 9.53. The van der Waals surface area contributed by atoms with E-state index in [0.29, 0.717) is 11.3 Å². The van der Waals surface area contributed by atoms with Gasteiger partial charge in [0.05, 0.1) is 5.69 Å². The van der Waals surface area contributed by atoms with Crippen LogP contribution in [0, 0.1) is 11.3 Å². The number of nitriles is 1. The van der Waals surface area contributed by atoms with Crippen molar-refractivity contribution in [1.29, 1.82) is 5.26 Å². The van der Waals surface area contributed by atoms with E-state index < -0.39 is 0 Å². The fraction of sp³-hybridized carbons (Fsp3) is 0.200. The summed E-state index contributed by atoms with van der Waals surface area (Å²) in [5.41, 5.74) is 2.22. The normalized spacial score (nSPS) is 10.3. The fourth-order valence-corrected chi connectivity index (χ4v) is 3.37. The average molecular weight is 362 g/mol. The number of ether oxygens (including phenoxy) is 1. The van der Waals surface area contributed by atoms with Gasteiger partial charge in [0.1, 0.15) is 17.4 Å². The zero-order valence-electron chi connectivity index (χ0n) is 14.6. The number of benzene rings is 1. The lowest BCUT2D eigenvalue weighted by atomic mass is 10.0. The summed E-state index contributed by atoms with van der Waals surface area (Å²) in [5.74, 6) is 0.886. The SMILES string of the molecule is CCc1nnc(Oc2ccc(Sc3ccncc3)cc2)c(C#N)c1CC. The average Bonchev–Trinajstić information content (AvgIpc) is 2.69. The van der Waals surface area contributed by atoms with E-state index in [0.717, 1.165) is 33.9 Å². The minimum atomic E-state index is 0.260. The number of aryl methyl sites for hydroxylation is 1. The minimum Gasteiger partial charge on any atom is -0.437 e. The van der Waals surface area contributed by atoms with Gasteiger partial charge in [0.15, 0.2) is 0 Å². The zero-order valence-corrected chi connectivity index (χ0v) is 15.5. The molecule has 26 heavy (non-hydrogen) atoms. The number of aromatic nitrogens is 3. The first-order chi connectivity index (χ1) is 12.7. The molecule has 0 amide bonds. The Morgan fingerprint density at radius 2 is 1.65 bits per heavy atom. The molecule has 0 atom stereocenters. The van der Waals surface area contributed by atoms with Gasteiger partial charge in [-0.1, -0.05) is 25.6 Å². The second kappa shape index (κ2) is 8.45. The van der Waals surface area contributed by atoms with Crippen molar-refractivity contribution in [1.82, 2.24) is 15.2 Å². The first-order valence-corrected chi connectivity index (χ1v) is 9.21. The van der Waals surface area contributed by atoms with E-state index in [4.69, 9.17) is 4.74 Å². The van der Waals surface area contributed by atoms with Crippen molar-refractivity contribution in [2.45, 2.75) is 36.5 Å². The Bertz CT molecular complexity index is 921. The quantitative estimate of drug-likeness (QED) is 0.626. The Kier molecular flexibility index (Phi) is 5.82. The third kappa shape index (κ3) is 4.01. The first-order valence-electron chi connectivity index (χ1n) is 8.39. The third-order valence-corrected chi connectivity index (χ3v) is 4.87. The third-order valence-electron chi connectivity index (χ3n) is 3.85. The maximum Gasteiger partial charge on any atom is 0.257 e. The number of hydrogen-bond donors (Lipinski definition) is 0. The lowest BCUT2D eigenvalue weighted by Gasteiger charge is -2.11. The van der Waals surface area contributed by atoms with Gasteiger partial charge in [-0.2, -0.15) is 10.4 Å². The molecule has 3 aromatic rings. The highest BCUT2D eigenvalue weighted by molar-refractivity contribution is 7.99. The molecule has 3 rings (SSSR count). The standard InChI is InChI=1S/C20H18N4OS/c1-3-17-18(13-21)20(24-23-19(17)4-2)25-14-5-7-15(8-6-14)26-16-9-11-22-12-10-16/h5-12H,3-4H2,1-2H3. The van der Waals surface area contributed by atoms with Crippen molar-refractivity contribution < 1.29 is 4.74 Å². The molecule has 0 aliphatic carbocycles. The molecule has 0 aliphatic heterocycles. The van der Waals surface area contributed by atoms with Crippen LogP contribution >= 0.6 is 11.8 Å². The second-order valence-corrected chi connectivity index (χ2v) is 6.63. The molecule has 2 heterocycles. The number of nitrogens with zero attached hydrogens (tertiary/aromatic N) is 4. The molecule has 6 heteroatoms. The van der Waals surface area contributed by atoms with Crippen LogP contribution in [0.2, 0.25) is 0 Å². The molecular formula is C20H18N4OS. The lowest BCUT2D eigenvalue weighted by Crippen LogP contribution is -2.05. The van der Waals surface area contributed by atoms with Crippen LogP contribution in [0.5, 0.6) is 11.6 Å². The lowest BCUT2D eigenvalue weighted by molar-refractivity contribution is 0.450. The molecular weight excluding hydrogens is 344 g/mol. The molecule has 0 N–H and O–H groups in total. The Hall–Kier alpha value is -2.91. The second-order valence-electron chi connectivity index (χ2n) is 5.48. The van der Waals surface area contributed by atoms with Gasteiger partial charge in [-0.05, 0) is 54.8 Å². The van der Waals surface area contributed by atoms with E-state index in [-0.39, 0.29) is 5.88 Å². The molecule has 5 nitrogen and oxygen atoms in total. The van der Waals surface area contributed by atoms with Gasteiger partial charge in [-0.25, -0.2) is 0 Å². The Labute approximate surface area is 157 Å². The summed E-state index contributed by atoms with van der Waals surface area (Å²) in [5, 5.41) is 17.8. The van der Waals surface area contributed by atoms with E-state index in [1.807, 2.05) is 50.2 Å². The fourth-order valence-electron chi connectivity index (χ4n) is 2.57. The van der Waals surface area contributed by atoms with Crippen LogP contribution in [0.25, 0.3) is 0 Å². The predicted molar refractivity (Wildman–Crippen MR) is 100 cm³/mol. The number of hydrogen-bond acceptors (Lipinski definition) is 6. The van der Waals surface area contributed by atoms with Gasteiger partial charge >= 0.3 is 0 Å². The van der Waals surface area contributed by atoms with Crippen LogP contribution in [0.3, 0.4) is 0 Å². The van der Waals surface area contributed by atoms with Crippen LogP contribution in [0.15, 0.2) is 58.6 Å². The summed E-state index contributed by atoms with van der Waals surface area (Å²) >= 11 is 1.65. The first kappa shape index (κ1) is 17.9. The van der Waals surface area contributed by atoms with Gasteiger partial charge < -0.3 is 4.74 Å². The molecule has 130 valence electrons. The summed E-state index contributed by atoms with van der Waals surface area (Å²) < 4.78 is 5.83. The molecule has 0 bridgehead atoms. The highest BCUT2D eigenvalue weighted by atomic mass is 32.2. The van der Waals surface area contributed by atoms with Gasteiger partial charge in [0, 0.05) is 22.2 Å². The predicted octanol–water partition coefficient (Wildman–Crippen LogP) is 4.81. The summed E-state index contributed by atoms with van der Waals surface area (Å²) in [6.07, 6.45) is 5.01. The Balaban J connectivity index is 1.80. The molecule has 0 spiro atoms. The maximum absolute atomic E-state index is 9.53. The summed E-state index contributed by atoms with van der Waals surface area (Å²) in [6.45, 7) is 4.01.